The molecule has 0 saturated carbocycles. The number of amides is 1. The number of carbonyl (C=O) groups is 1. The van der Waals surface area contributed by atoms with Crippen LogP contribution in [0.4, 0.5) is 11.8 Å². The summed E-state index contributed by atoms with van der Waals surface area (Å²) in [7, 11) is 0. The van der Waals surface area contributed by atoms with Crippen LogP contribution >= 0.6 is 0 Å². The van der Waals surface area contributed by atoms with Crippen LogP contribution in [0.2, 0.25) is 0 Å². The zero-order valence-corrected chi connectivity index (χ0v) is 13.6. The van der Waals surface area contributed by atoms with Crippen LogP contribution in [0.1, 0.15) is 11.5 Å². The number of rotatable bonds is 4. The van der Waals surface area contributed by atoms with Gasteiger partial charge in [-0.05, 0) is 13.8 Å². The summed E-state index contributed by atoms with van der Waals surface area (Å²) in [4.78, 5) is 31.0. The lowest BCUT2D eigenvalue weighted by atomic mass is 10.4. The Morgan fingerprint density at radius 2 is 2.04 bits per heavy atom. The lowest BCUT2D eigenvalue weighted by Gasteiger charge is -2.29. The summed E-state index contributed by atoms with van der Waals surface area (Å²) < 4.78 is 11.6. The lowest BCUT2D eigenvalue weighted by Crippen LogP contribution is -2.41. The fourth-order valence-electron chi connectivity index (χ4n) is 2.51. The first-order chi connectivity index (χ1) is 11.5. The first kappa shape index (κ1) is 16.2. The van der Waals surface area contributed by atoms with Gasteiger partial charge in [0.1, 0.15) is 12.3 Å². The van der Waals surface area contributed by atoms with Crippen molar-refractivity contribution in [1.82, 2.24) is 14.7 Å². The molecule has 0 spiro atoms. The van der Waals surface area contributed by atoms with Crippen LogP contribution < -0.4 is 15.8 Å². The van der Waals surface area contributed by atoms with E-state index in [0.717, 1.165) is 0 Å². The van der Waals surface area contributed by atoms with Gasteiger partial charge in [0.25, 0.3) is 5.56 Å². The van der Waals surface area contributed by atoms with Gasteiger partial charge in [0, 0.05) is 30.9 Å². The number of carbonyl (C=O) groups excluding carboxylic acids is 1. The zero-order chi connectivity index (χ0) is 17.1. The van der Waals surface area contributed by atoms with Crippen molar-refractivity contribution in [3.63, 3.8) is 0 Å². The maximum Gasteiger partial charge on any atom is 0.255 e. The molecule has 0 atom stereocenters. The van der Waals surface area contributed by atoms with E-state index in [-0.39, 0.29) is 18.0 Å². The van der Waals surface area contributed by atoms with Gasteiger partial charge >= 0.3 is 0 Å². The first-order valence-corrected chi connectivity index (χ1v) is 7.67. The summed E-state index contributed by atoms with van der Waals surface area (Å²) in [5, 5.41) is 6.32. The summed E-state index contributed by atoms with van der Waals surface area (Å²) in [6.45, 7) is 5.72. The molecule has 9 heteroatoms. The number of hydrogen-bond acceptors (Lipinski definition) is 7. The van der Waals surface area contributed by atoms with Crippen LogP contribution in [0.25, 0.3) is 0 Å². The van der Waals surface area contributed by atoms with Gasteiger partial charge < -0.3 is 19.5 Å². The number of ether oxygens (including phenoxy) is 1. The minimum Gasteiger partial charge on any atom is -0.378 e. The quantitative estimate of drug-likeness (QED) is 0.859. The first-order valence-electron chi connectivity index (χ1n) is 7.67. The normalized spacial score (nSPS) is 14.7. The van der Waals surface area contributed by atoms with E-state index < -0.39 is 0 Å². The van der Waals surface area contributed by atoms with E-state index in [4.69, 9.17) is 9.26 Å². The molecular weight excluding hydrogens is 314 g/mol. The molecule has 2 aromatic rings. The average molecular weight is 333 g/mol. The van der Waals surface area contributed by atoms with Crippen molar-refractivity contribution in [3.05, 3.63) is 33.9 Å². The summed E-state index contributed by atoms with van der Waals surface area (Å²) in [6.07, 6.45) is 0. The minimum atomic E-state index is -0.370. The maximum atomic E-state index is 12.3. The van der Waals surface area contributed by atoms with Gasteiger partial charge in [-0.2, -0.15) is 0 Å². The van der Waals surface area contributed by atoms with Crippen molar-refractivity contribution in [2.45, 2.75) is 20.4 Å². The van der Waals surface area contributed by atoms with Crippen LogP contribution in [-0.4, -0.2) is 46.9 Å². The molecule has 0 unspecified atom stereocenters. The molecule has 1 aliphatic heterocycles. The summed E-state index contributed by atoms with van der Waals surface area (Å²) in [6, 6.07) is 3.02. The predicted octanol–water partition coefficient (Wildman–Crippen LogP) is 0.323. The summed E-state index contributed by atoms with van der Waals surface area (Å²) in [5.41, 5.74) is 0.348. The van der Waals surface area contributed by atoms with Crippen LogP contribution in [0.5, 0.6) is 0 Å². The third-order valence-corrected chi connectivity index (χ3v) is 3.61. The fourth-order valence-corrected chi connectivity index (χ4v) is 2.51. The molecule has 0 aliphatic carbocycles. The Bertz CT molecular complexity index is 791. The number of morpholine rings is 1. The second-order valence-corrected chi connectivity index (χ2v) is 5.59. The number of nitrogens with one attached hydrogen (secondary N) is 1. The number of aromatic nitrogens is 3. The highest BCUT2D eigenvalue weighted by molar-refractivity contribution is 5.89. The smallest absolute Gasteiger partial charge is 0.255 e. The highest BCUT2D eigenvalue weighted by Crippen LogP contribution is 2.13. The molecule has 1 amide bonds. The Balaban J connectivity index is 1.83. The van der Waals surface area contributed by atoms with Gasteiger partial charge in [0.15, 0.2) is 5.82 Å². The molecule has 1 fully saturated rings. The molecule has 0 radical (unpaired) electrons. The van der Waals surface area contributed by atoms with Gasteiger partial charge in [-0.3, -0.25) is 14.2 Å². The second kappa shape index (κ2) is 6.83. The SMILES string of the molecule is Cc1cc(=O)n(CC(=O)Nc2cc(C)on2)c(N2CCOCC2)n1. The van der Waals surface area contributed by atoms with Crippen molar-refractivity contribution in [3.8, 4) is 0 Å². The predicted molar refractivity (Wildman–Crippen MR) is 86.1 cm³/mol. The standard InChI is InChI=1S/C15H19N5O4/c1-10-7-14(22)20(15(16-10)19-3-5-23-6-4-19)9-13(21)17-12-8-11(2)24-18-12/h7-8H,3-6,9H2,1-2H3,(H,17,18,21). The van der Waals surface area contributed by atoms with E-state index >= 15 is 0 Å². The maximum absolute atomic E-state index is 12.3. The van der Waals surface area contributed by atoms with Gasteiger partial charge in [-0.1, -0.05) is 5.16 Å². The van der Waals surface area contributed by atoms with Crippen LogP contribution in [0.15, 0.2) is 21.5 Å². The average Bonchev–Trinajstić information content (AvgIpc) is 2.95. The third-order valence-electron chi connectivity index (χ3n) is 3.61. The van der Waals surface area contributed by atoms with Crippen LogP contribution in [-0.2, 0) is 16.1 Å². The van der Waals surface area contributed by atoms with E-state index in [0.29, 0.717) is 49.5 Å². The number of nitrogens with zero attached hydrogens (tertiary/aromatic N) is 4. The van der Waals surface area contributed by atoms with Gasteiger partial charge in [-0.15, -0.1) is 0 Å². The highest BCUT2D eigenvalue weighted by Gasteiger charge is 2.19. The number of hydrogen-bond donors (Lipinski definition) is 1. The number of anilines is 2. The lowest BCUT2D eigenvalue weighted by molar-refractivity contribution is -0.116. The molecule has 0 aromatic carbocycles. The van der Waals surface area contributed by atoms with Crippen molar-refractivity contribution >= 4 is 17.7 Å². The van der Waals surface area contributed by atoms with E-state index in [9.17, 15) is 9.59 Å². The number of aryl methyl sites for hydroxylation is 2. The van der Waals surface area contributed by atoms with E-state index in [2.05, 4.69) is 15.5 Å². The molecule has 1 aliphatic rings. The van der Waals surface area contributed by atoms with Crippen molar-refractivity contribution in [1.29, 1.82) is 0 Å². The fraction of sp³-hybridized carbons (Fsp3) is 0.467. The molecule has 128 valence electrons. The Kier molecular flexibility index (Phi) is 4.61. The molecular formula is C15H19N5O4. The van der Waals surface area contributed by atoms with Crippen molar-refractivity contribution in [2.24, 2.45) is 0 Å². The second-order valence-electron chi connectivity index (χ2n) is 5.59. The Labute approximate surface area is 138 Å². The summed E-state index contributed by atoms with van der Waals surface area (Å²) in [5.74, 6) is 1.02. The molecule has 24 heavy (non-hydrogen) atoms. The highest BCUT2D eigenvalue weighted by atomic mass is 16.5. The van der Waals surface area contributed by atoms with E-state index in [1.54, 1.807) is 19.9 Å². The Morgan fingerprint density at radius 3 is 2.71 bits per heavy atom. The van der Waals surface area contributed by atoms with E-state index in [1.165, 1.54) is 10.6 Å². The van der Waals surface area contributed by atoms with Crippen LogP contribution in [0.3, 0.4) is 0 Å². The molecule has 3 heterocycles. The third kappa shape index (κ3) is 3.62. The molecule has 1 saturated heterocycles. The summed E-state index contributed by atoms with van der Waals surface area (Å²) >= 11 is 0. The van der Waals surface area contributed by atoms with Gasteiger partial charge in [-0.25, -0.2) is 4.98 Å². The van der Waals surface area contributed by atoms with Gasteiger partial charge in [0.05, 0.1) is 13.2 Å². The van der Waals surface area contributed by atoms with E-state index in [1.807, 2.05) is 4.90 Å². The molecule has 3 rings (SSSR count). The monoisotopic (exact) mass is 333 g/mol. The molecule has 2 aromatic heterocycles. The molecule has 9 nitrogen and oxygen atoms in total. The van der Waals surface area contributed by atoms with Crippen LogP contribution in [0, 0.1) is 13.8 Å². The van der Waals surface area contributed by atoms with Crippen molar-refractivity contribution in [2.75, 3.05) is 36.5 Å². The molecule has 1 N–H and O–H groups in total. The minimum absolute atomic E-state index is 0.148. The Hall–Kier alpha value is -2.68. The largest absolute Gasteiger partial charge is 0.378 e. The van der Waals surface area contributed by atoms with Crippen molar-refractivity contribution < 1.29 is 14.1 Å². The van der Waals surface area contributed by atoms with Gasteiger partial charge in [0.2, 0.25) is 11.9 Å². The zero-order valence-electron chi connectivity index (χ0n) is 13.6. The Morgan fingerprint density at radius 1 is 1.29 bits per heavy atom. The molecule has 0 bridgehead atoms. The topological polar surface area (TPSA) is 102 Å².